The lowest BCUT2D eigenvalue weighted by molar-refractivity contribution is -0.138. The molecule has 0 amide bonds. The number of benzene rings is 1. The standard InChI is InChI=1S/C15H18F3N5O4S2/c1-21(2)29(26,27)23-10-19-14(20-23)28(24,25)22(12-7-8-12)9-11-5-3-4-6-13(11)15(16,17)18/h3-6,10,12H,7-9H2,1-2H3. The molecule has 29 heavy (non-hydrogen) atoms. The third-order valence-corrected chi connectivity index (χ3v) is 7.56. The summed E-state index contributed by atoms with van der Waals surface area (Å²) < 4.78 is 92.1. The monoisotopic (exact) mass is 453 g/mol. The second-order valence-corrected chi connectivity index (χ2v) is 10.4. The summed E-state index contributed by atoms with van der Waals surface area (Å²) in [7, 11) is -6.05. The lowest BCUT2D eigenvalue weighted by Gasteiger charge is -2.22. The molecule has 1 aliphatic carbocycles. The van der Waals surface area contributed by atoms with Crippen LogP contribution in [-0.2, 0) is 33.0 Å². The Morgan fingerprint density at radius 3 is 2.31 bits per heavy atom. The number of halogens is 3. The lowest BCUT2D eigenvalue weighted by atomic mass is 10.1. The number of hydrogen-bond acceptors (Lipinski definition) is 6. The number of alkyl halides is 3. The molecule has 0 unspecified atom stereocenters. The third-order valence-electron chi connectivity index (χ3n) is 4.29. The highest BCUT2D eigenvalue weighted by molar-refractivity contribution is 7.89. The lowest BCUT2D eigenvalue weighted by Crippen LogP contribution is -2.34. The zero-order chi connectivity index (χ0) is 21.6. The van der Waals surface area contributed by atoms with Crippen molar-refractivity contribution in [3.63, 3.8) is 0 Å². The van der Waals surface area contributed by atoms with Crippen LogP contribution in [0.5, 0.6) is 0 Å². The summed E-state index contributed by atoms with van der Waals surface area (Å²) in [6, 6.07) is 4.19. The Labute approximate surface area is 166 Å². The molecule has 0 N–H and O–H groups in total. The molecule has 0 bridgehead atoms. The van der Waals surface area contributed by atoms with Gasteiger partial charge < -0.3 is 0 Å². The van der Waals surface area contributed by atoms with Crippen LogP contribution in [0.4, 0.5) is 13.2 Å². The molecule has 1 aromatic heterocycles. The Morgan fingerprint density at radius 1 is 1.14 bits per heavy atom. The maximum absolute atomic E-state index is 13.3. The molecule has 1 heterocycles. The number of nitrogens with zero attached hydrogens (tertiary/aromatic N) is 5. The highest BCUT2D eigenvalue weighted by atomic mass is 32.2. The van der Waals surface area contributed by atoms with Gasteiger partial charge in [0.25, 0.3) is 15.2 Å². The molecule has 1 aliphatic rings. The van der Waals surface area contributed by atoms with Gasteiger partial charge in [0.2, 0.25) is 0 Å². The van der Waals surface area contributed by atoms with Gasteiger partial charge in [-0.15, -0.1) is 9.19 Å². The molecule has 9 nitrogen and oxygen atoms in total. The average Bonchev–Trinajstić information content (AvgIpc) is 3.32. The Bertz CT molecular complexity index is 1110. The van der Waals surface area contributed by atoms with Gasteiger partial charge in [-0.3, -0.25) is 0 Å². The first-order chi connectivity index (χ1) is 13.3. The molecule has 0 radical (unpaired) electrons. The summed E-state index contributed by atoms with van der Waals surface area (Å²) in [6.45, 7) is -0.530. The molecule has 1 fully saturated rings. The number of sulfonamides is 1. The van der Waals surface area contributed by atoms with Crippen molar-refractivity contribution in [1.82, 2.24) is 22.8 Å². The molecular weight excluding hydrogens is 435 g/mol. The van der Waals surface area contributed by atoms with Crippen LogP contribution in [0.2, 0.25) is 0 Å². The fraction of sp³-hybridized carbons (Fsp3) is 0.467. The van der Waals surface area contributed by atoms with Crippen molar-refractivity contribution >= 4 is 20.2 Å². The van der Waals surface area contributed by atoms with Crippen molar-refractivity contribution in [3.05, 3.63) is 41.7 Å². The maximum Gasteiger partial charge on any atom is 0.416 e. The van der Waals surface area contributed by atoms with Crippen molar-refractivity contribution < 1.29 is 30.0 Å². The van der Waals surface area contributed by atoms with E-state index >= 15 is 0 Å². The predicted molar refractivity (Wildman–Crippen MR) is 95.2 cm³/mol. The van der Waals surface area contributed by atoms with Gasteiger partial charge in [0.15, 0.2) is 0 Å². The fourth-order valence-corrected chi connectivity index (χ4v) is 4.84. The van der Waals surface area contributed by atoms with E-state index in [0.717, 1.165) is 21.0 Å². The van der Waals surface area contributed by atoms with Gasteiger partial charge >= 0.3 is 16.4 Å². The maximum atomic E-state index is 13.3. The molecule has 0 spiro atoms. The Morgan fingerprint density at radius 2 is 1.76 bits per heavy atom. The summed E-state index contributed by atoms with van der Waals surface area (Å²) in [6.07, 6.45) is -2.96. The quantitative estimate of drug-likeness (QED) is 0.626. The van der Waals surface area contributed by atoms with Crippen LogP contribution in [0.3, 0.4) is 0 Å². The molecule has 3 rings (SSSR count). The van der Waals surface area contributed by atoms with Crippen molar-refractivity contribution in [2.45, 2.75) is 36.8 Å². The molecular formula is C15H18F3N5O4S2. The molecule has 1 saturated carbocycles. The first-order valence-corrected chi connectivity index (χ1v) is 11.2. The molecule has 14 heteroatoms. The van der Waals surface area contributed by atoms with E-state index < -0.39 is 49.7 Å². The van der Waals surface area contributed by atoms with Gasteiger partial charge in [-0.2, -0.15) is 30.2 Å². The zero-order valence-corrected chi connectivity index (χ0v) is 17.0. The first kappa shape index (κ1) is 21.7. The van der Waals surface area contributed by atoms with E-state index in [2.05, 4.69) is 10.1 Å². The average molecular weight is 453 g/mol. The SMILES string of the molecule is CN(C)S(=O)(=O)n1cnc(S(=O)(=O)N(Cc2ccccc2C(F)(F)F)C2CC2)n1. The normalized spacial score (nSPS) is 16.0. The summed E-state index contributed by atoms with van der Waals surface area (Å²) in [5, 5.41) is 2.75. The highest BCUT2D eigenvalue weighted by Crippen LogP contribution is 2.36. The number of rotatable bonds is 7. The van der Waals surface area contributed by atoms with Crippen molar-refractivity contribution in [2.24, 2.45) is 0 Å². The first-order valence-electron chi connectivity index (χ1n) is 8.37. The molecule has 0 saturated heterocycles. The zero-order valence-electron chi connectivity index (χ0n) is 15.4. The largest absolute Gasteiger partial charge is 0.416 e. The molecule has 0 aliphatic heterocycles. The molecule has 160 valence electrons. The predicted octanol–water partition coefficient (Wildman–Crippen LogP) is 1.30. The van der Waals surface area contributed by atoms with Crippen LogP contribution < -0.4 is 0 Å². The number of aromatic nitrogens is 3. The van der Waals surface area contributed by atoms with E-state index in [9.17, 15) is 30.0 Å². The van der Waals surface area contributed by atoms with Crippen LogP contribution in [-0.4, -0.2) is 59.8 Å². The molecule has 2 aromatic rings. The van der Waals surface area contributed by atoms with E-state index in [0.29, 0.717) is 16.9 Å². The summed E-state index contributed by atoms with van der Waals surface area (Å²) in [5.41, 5.74) is -1.15. The van der Waals surface area contributed by atoms with E-state index in [1.165, 1.54) is 32.3 Å². The molecule has 0 atom stereocenters. The summed E-state index contributed by atoms with van der Waals surface area (Å²) in [4.78, 5) is 3.57. The van der Waals surface area contributed by atoms with Crippen LogP contribution >= 0.6 is 0 Å². The smallest absolute Gasteiger partial charge is 0.203 e. The van der Waals surface area contributed by atoms with E-state index in [-0.39, 0.29) is 5.56 Å². The minimum atomic E-state index is -4.64. The van der Waals surface area contributed by atoms with Gasteiger partial charge in [0.1, 0.15) is 6.33 Å². The minimum Gasteiger partial charge on any atom is -0.203 e. The van der Waals surface area contributed by atoms with E-state index in [1.807, 2.05) is 0 Å². The Hall–Kier alpha value is -2.03. The van der Waals surface area contributed by atoms with E-state index in [1.54, 1.807) is 0 Å². The van der Waals surface area contributed by atoms with Gasteiger partial charge in [-0.05, 0) is 24.5 Å². The van der Waals surface area contributed by atoms with Crippen LogP contribution in [0.15, 0.2) is 35.7 Å². The second-order valence-electron chi connectivity index (χ2n) is 6.63. The van der Waals surface area contributed by atoms with Crippen LogP contribution in [0, 0.1) is 0 Å². The van der Waals surface area contributed by atoms with Crippen molar-refractivity contribution in [3.8, 4) is 0 Å². The van der Waals surface area contributed by atoms with E-state index in [4.69, 9.17) is 0 Å². The Balaban J connectivity index is 1.98. The number of hydrogen-bond donors (Lipinski definition) is 0. The van der Waals surface area contributed by atoms with Gasteiger partial charge in [-0.25, -0.2) is 13.4 Å². The van der Waals surface area contributed by atoms with Crippen LogP contribution in [0.1, 0.15) is 24.0 Å². The van der Waals surface area contributed by atoms with Crippen LogP contribution in [0.25, 0.3) is 0 Å². The fourth-order valence-electron chi connectivity index (χ4n) is 2.61. The van der Waals surface area contributed by atoms with Gasteiger partial charge in [0.05, 0.1) is 5.56 Å². The van der Waals surface area contributed by atoms with Crippen molar-refractivity contribution in [2.75, 3.05) is 14.1 Å². The van der Waals surface area contributed by atoms with Crippen molar-refractivity contribution in [1.29, 1.82) is 0 Å². The Kier molecular flexibility index (Phi) is 5.49. The second kappa shape index (κ2) is 7.34. The summed E-state index contributed by atoms with van der Waals surface area (Å²) in [5.74, 6) is 0. The summed E-state index contributed by atoms with van der Waals surface area (Å²) >= 11 is 0. The minimum absolute atomic E-state index is 0.212. The van der Waals surface area contributed by atoms with Gasteiger partial charge in [-0.1, -0.05) is 18.2 Å². The van der Waals surface area contributed by atoms with Gasteiger partial charge in [0, 0.05) is 26.7 Å². The third kappa shape index (κ3) is 4.29. The highest BCUT2D eigenvalue weighted by Gasteiger charge is 2.42. The topological polar surface area (TPSA) is 105 Å². The molecule has 1 aromatic carbocycles.